The van der Waals surface area contributed by atoms with Crippen molar-refractivity contribution in [2.45, 2.75) is 118 Å². The predicted molar refractivity (Wildman–Crippen MR) is 108 cm³/mol. The largest absolute Gasteiger partial charge is 0.0654 e. The fourth-order valence-electron chi connectivity index (χ4n) is 6.58. The van der Waals surface area contributed by atoms with E-state index in [1.54, 1.807) is 38.5 Å². The Hall–Kier alpha value is 0. The minimum absolute atomic E-state index is 1.06. The topological polar surface area (TPSA) is 0 Å². The lowest BCUT2D eigenvalue weighted by Gasteiger charge is -2.44. The van der Waals surface area contributed by atoms with Crippen LogP contribution in [0.1, 0.15) is 118 Å². The first-order valence-corrected chi connectivity index (χ1v) is 11.7. The molecule has 0 heterocycles. The molecule has 0 heteroatoms. The van der Waals surface area contributed by atoms with Crippen LogP contribution >= 0.6 is 0 Å². The highest BCUT2D eigenvalue weighted by molar-refractivity contribution is 4.88. The second-order valence-electron chi connectivity index (χ2n) is 9.55. The first-order valence-electron chi connectivity index (χ1n) is 11.7. The van der Waals surface area contributed by atoms with Gasteiger partial charge >= 0.3 is 0 Å². The van der Waals surface area contributed by atoms with Crippen molar-refractivity contribution in [3.05, 3.63) is 0 Å². The Morgan fingerprint density at radius 3 is 0.875 bits per heavy atom. The average molecular weight is 335 g/mol. The molecule has 0 radical (unpaired) electrons. The third-order valence-corrected chi connectivity index (χ3v) is 7.33. The molecule has 2 saturated carbocycles. The minimum atomic E-state index is 1.06. The lowest BCUT2D eigenvalue weighted by Crippen LogP contribution is -2.33. The van der Waals surface area contributed by atoms with Gasteiger partial charge < -0.3 is 0 Å². The van der Waals surface area contributed by atoms with Crippen LogP contribution in [0.4, 0.5) is 0 Å². The van der Waals surface area contributed by atoms with Gasteiger partial charge in [0.15, 0.2) is 0 Å². The van der Waals surface area contributed by atoms with E-state index in [0.29, 0.717) is 0 Å². The highest BCUT2D eigenvalue weighted by atomic mass is 14.4. The summed E-state index contributed by atoms with van der Waals surface area (Å²) in [7, 11) is 0. The molecule has 2 rings (SSSR count). The molecule has 2 fully saturated rings. The van der Waals surface area contributed by atoms with Gasteiger partial charge in [-0.05, 0) is 74.0 Å². The van der Waals surface area contributed by atoms with Crippen LogP contribution in [-0.2, 0) is 0 Å². The molecule has 0 aromatic carbocycles. The van der Waals surface area contributed by atoms with Crippen LogP contribution in [0, 0.1) is 35.5 Å². The van der Waals surface area contributed by atoms with Crippen molar-refractivity contribution in [3.8, 4) is 0 Å². The number of hydrogen-bond donors (Lipinski definition) is 0. The Morgan fingerprint density at radius 1 is 0.417 bits per heavy atom. The van der Waals surface area contributed by atoms with E-state index in [9.17, 15) is 0 Å². The summed E-state index contributed by atoms with van der Waals surface area (Å²) in [6.45, 7) is 9.59. The van der Waals surface area contributed by atoms with Crippen LogP contribution in [0.15, 0.2) is 0 Å². The Morgan fingerprint density at radius 2 is 0.667 bits per heavy atom. The Balaban J connectivity index is 2.01. The van der Waals surface area contributed by atoms with Crippen molar-refractivity contribution < 1.29 is 0 Å². The minimum Gasteiger partial charge on any atom is -0.0654 e. The lowest BCUT2D eigenvalue weighted by atomic mass is 9.61. The van der Waals surface area contributed by atoms with Gasteiger partial charge in [0.2, 0.25) is 0 Å². The van der Waals surface area contributed by atoms with E-state index in [1.165, 1.54) is 51.4 Å². The van der Waals surface area contributed by atoms with Crippen LogP contribution in [0.5, 0.6) is 0 Å². The maximum Gasteiger partial charge on any atom is -0.0380 e. The number of hydrogen-bond acceptors (Lipinski definition) is 0. The van der Waals surface area contributed by atoms with Crippen LogP contribution in [0.25, 0.3) is 0 Å². The van der Waals surface area contributed by atoms with E-state index in [4.69, 9.17) is 0 Å². The summed E-state index contributed by atoms with van der Waals surface area (Å²) in [5, 5.41) is 0. The van der Waals surface area contributed by atoms with Gasteiger partial charge in [0.1, 0.15) is 0 Å². The Bertz CT molecular complexity index is 260. The summed E-state index contributed by atoms with van der Waals surface area (Å²) in [6.07, 6.45) is 21.0. The molecule has 0 N–H and O–H groups in total. The van der Waals surface area contributed by atoms with Crippen molar-refractivity contribution in [2.75, 3.05) is 0 Å². The molecule has 2 aliphatic carbocycles. The molecule has 0 aliphatic heterocycles. The zero-order valence-electron chi connectivity index (χ0n) is 17.4. The van der Waals surface area contributed by atoms with E-state index >= 15 is 0 Å². The summed E-state index contributed by atoms with van der Waals surface area (Å²) >= 11 is 0. The molecule has 24 heavy (non-hydrogen) atoms. The quantitative estimate of drug-likeness (QED) is 0.398. The lowest BCUT2D eigenvalue weighted by molar-refractivity contribution is 0.0687. The maximum absolute atomic E-state index is 2.40. The van der Waals surface area contributed by atoms with Crippen molar-refractivity contribution in [3.63, 3.8) is 0 Å². The summed E-state index contributed by atoms with van der Waals surface area (Å²) in [4.78, 5) is 0. The molecule has 0 bridgehead atoms. The van der Waals surface area contributed by atoms with Crippen LogP contribution in [0.3, 0.4) is 0 Å². The zero-order valence-corrected chi connectivity index (χ0v) is 17.4. The summed E-state index contributed by atoms with van der Waals surface area (Å²) in [5.41, 5.74) is 0. The third kappa shape index (κ3) is 6.06. The molecule has 0 aromatic heterocycles. The molecular weight excluding hydrogens is 288 g/mol. The first-order chi connectivity index (χ1) is 11.7. The monoisotopic (exact) mass is 334 g/mol. The SMILES string of the molecule is CCCC1CC(CCC)CC(C2CC(CCC)CC(CCC)C2)C1. The molecule has 4 atom stereocenters. The molecule has 0 nitrogen and oxygen atoms in total. The van der Waals surface area contributed by atoms with Gasteiger partial charge in [-0.2, -0.15) is 0 Å². The van der Waals surface area contributed by atoms with Crippen molar-refractivity contribution in [1.29, 1.82) is 0 Å². The summed E-state index contributed by atoms with van der Waals surface area (Å²) < 4.78 is 0. The third-order valence-electron chi connectivity index (χ3n) is 7.33. The van der Waals surface area contributed by atoms with Gasteiger partial charge in [-0.3, -0.25) is 0 Å². The van der Waals surface area contributed by atoms with E-state index in [0.717, 1.165) is 35.5 Å². The maximum atomic E-state index is 2.40. The fraction of sp³-hybridized carbons (Fsp3) is 1.00. The standard InChI is InChI=1S/C24H46/c1-5-9-19-13-20(10-6-2)16-23(15-19)24-17-21(11-7-3)14-22(18-24)12-8-4/h19-24H,5-18H2,1-4H3. The second-order valence-corrected chi connectivity index (χ2v) is 9.55. The van der Waals surface area contributed by atoms with Gasteiger partial charge in [0.25, 0.3) is 0 Å². The molecular formula is C24H46. The zero-order chi connectivity index (χ0) is 17.4. The smallest absolute Gasteiger partial charge is 0.0380 e. The Labute approximate surface area is 153 Å². The molecule has 0 saturated heterocycles. The highest BCUT2D eigenvalue weighted by Gasteiger charge is 2.37. The van der Waals surface area contributed by atoms with Gasteiger partial charge in [0, 0.05) is 0 Å². The number of rotatable bonds is 9. The van der Waals surface area contributed by atoms with Crippen LogP contribution in [-0.4, -0.2) is 0 Å². The van der Waals surface area contributed by atoms with Gasteiger partial charge in [-0.15, -0.1) is 0 Å². The second kappa shape index (κ2) is 10.9. The average Bonchev–Trinajstić information content (AvgIpc) is 2.56. The molecule has 0 spiro atoms. The molecule has 4 unspecified atom stereocenters. The van der Waals surface area contributed by atoms with E-state index < -0.39 is 0 Å². The van der Waals surface area contributed by atoms with Crippen molar-refractivity contribution >= 4 is 0 Å². The summed E-state index contributed by atoms with van der Waals surface area (Å²) in [6, 6.07) is 0. The van der Waals surface area contributed by atoms with Gasteiger partial charge in [-0.25, -0.2) is 0 Å². The van der Waals surface area contributed by atoms with Crippen molar-refractivity contribution in [2.24, 2.45) is 35.5 Å². The van der Waals surface area contributed by atoms with E-state index in [1.807, 2.05) is 0 Å². The Kier molecular flexibility index (Phi) is 9.20. The van der Waals surface area contributed by atoms with Gasteiger partial charge in [0.05, 0.1) is 0 Å². The van der Waals surface area contributed by atoms with E-state index in [2.05, 4.69) is 27.7 Å². The van der Waals surface area contributed by atoms with Crippen LogP contribution < -0.4 is 0 Å². The molecule has 0 aromatic rings. The van der Waals surface area contributed by atoms with Gasteiger partial charge in [-0.1, -0.05) is 79.1 Å². The van der Waals surface area contributed by atoms with Crippen molar-refractivity contribution in [1.82, 2.24) is 0 Å². The van der Waals surface area contributed by atoms with Crippen LogP contribution in [0.2, 0.25) is 0 Å². The normalized spacial score (nSPS) is 37.5. The highest BCUT2D eigenvalue weighted by Crippen LogP contribution is 2.48. The molecule has 2 aliphatic rings. The predicted octanol–water partition coefficient (Wildman–Crippen LogP) is 8.25. The fourth-order valence-corrected chi connectivity index (χ4v) is 6.58. The molecule has 142 valence electrons. The summed E-state index contributed by atoms with van der Waals surface area (Å²) in [5.74, 6) is 6.38. The molecule has 0 amide bonds. The van der Waals surface area contributed by atoms with E-state index in [-0.39, 0.29) is 0 Å². The first kappa shape index (κ1) is 20.3.